The Morgan fingerprint density at radius 2 is 2.16 bits per heavy atom. The first-order valence-electron chi connectivity index (χ1n) is 8.52. The molecule has 0 spiro atoms. The predicted octanol–water partition coefficient (Wildman–Crippen LogP) is 3.74. The molecule has 0 bridgehead atoms. The third-order valence-corrected chi connectivity index (χ3v) is 5.52. The molecule has 2 heterocycles. The van der Waals surface area contributed by atoms with Crippen LogP contribution >= 0.6 is 0 Å². The third-order valence-electron chi connectivity index (χ3n) is 5.52. The first kappa shape index (κ1) is 15.6. The molecule has 1 unspecified atom stereocenters. The van der Waals surface area contributed by atoms with Gasteiger partial charge in [-0.2, -0.15) is 5.26 Å². The lowest BCUT2D eigenvalue weighted by atomic mass is 9.71. The van der Waals surface area contributed by atoms with E-state index in [4.69, 9.17) is 0 Å². The molecule has 3 aromatic rings. The number of nitriles is 1. The van der Waals surface area contributed by atoms with Gasteiger partial charge in [0.05, 0.1) is 11.5 Å². The largest absolute Gasteiger partial charge is 0.322 e. The lowest BCUT2D eigenvalue weighted by Crippen LogP contribution is -2.28. The van der Waals surface area contributed by atoms with Crippen molar-refractivity contribution < 1.29 is 0 Å². The molecule has 1 aromatic carbocycles. The highest BCUT2D eigenvalue weighted by atomic mass is 16.1. The van der Waals surface area contributed by atoms with Crippen molar-refractivity contribution in [3.05, 3.63) is 75.3 Å². The number of nitrogens with one attached hydrogen (secondary N) is 1. The van der Waals surface area contributed by atoms with Gasteiger partial charge in [-0.1, -0.05) is 18.2 Å². The molecule has 0 saturated heterocycles. The Morgan fingerprint density at radius 1 is 1.32 bits per heavy atom. The fourth-order valence-electron chi connectivity index (χ4n) is 3.95. The number of aromatic amines is 1. The van der Waals surface area contributed by atoms with Crippen LogP contribution in [-0.4, -0.2) is 9.97 Å². The quantitative estimate of drug-likeness (QED) is 0.778. The van der Waals surface area contributed by atoms with Gasteiger partial charge in [-0.05, 0) is 61.4 Å². The van der Waals surface area contributed by atoms with Crippen LogP contribution in [0.3, 0.4) is 0 Å². The molecule has 124 valence electrons. The number of nitrogens with zero attached hydrogens (tertiary/aromatic N) is 2. The standard InChI is InChI=1S/C21H19N3O/c1-13-10-15-5-7-16(11-18(15)24-20(13)25)21(2,12-22)17-8-6-14-4-3-9-23-19(14)17/h3-5,7,9-11,17H,6,8H2,1-2H3,(H,24,25)/t17?,21-/m0/s1. The minimum absolute atomic E-state index is 0.0586. The van der Waals surface area contributed by atoms with Crippen LogP contribution < -0.4 is 5.56 Å². The van der Waals surface area contributed by atoms with Crippen molar-refractivity contribution in [1.82, 2.24) is 9.97 Å². The Kier molecular flexibility index (Phi) is 3.47. The molecule has 4 heteroatoms. The summed E-state index contributed by atoms with van der Waals surface area (Å²) in [7, 11) is 0. The van der Waals surface area contributed by atoms with E-state index in [1.54, 1.807) is 13.1 Å². The van der Waals surface area contributed by atoms with Gasteiger partial charge >= 0.3 is 0 Å². The Labute approximate surface area is 146 Å². The summed E-state index contributed by atoms with van der Waals surface area (Å²) >= 11 is 0. The monoisotopic (exact) mass is 329 g/mol. The van der Waals surface area contributed by atoms with E-state index in [-0.39, 0.29) is 11.5 Å². The maximum atomic E-state index is 12.0. The second-order valence-electron chi connectivity index (χ2n) is 7.04. The number of pyridine rings is 2. The minimum atomic E-state index is -0.685. The topological polar surface area (TPSA) is 69.5 Å². The number of aryl methyl sites for hydroxylation is 2. The molecule has 1 aliphatic rings. The van der Waals surface area contributed by atoms with Crippen molar-refractivity contribution in [2.75, 3.05) is 0 Å². The highest BCUT2D eigenvalue weighted by Gasteiger charge is 2.41. The third kappa shape index (κ3) is 2.35. The van der Waals surface area contributed by atoms with Crippen LogP contribution in [0.15, 0.2) is 47.4 Å². The van der Waals surface area contributed by atoms with Gasteiger partial charge in [-0.25, -0.2) is 0 Å². The number of fused-ring (bicyclic) bond motifs is 2. The summed E-state index contributed by atoms with van der Waals surface area (Å²) in [5.41, 5.74) is 3.88. The molecule has 4 rings (SSSR count). The van der Waals surface area contributed by atoms with Crippen molar-refractivity contribution in [1.29, 1.82) is 5.26 Å². The molecule has 2 atom stereocenters. The van der Waals surface area contributed by atoms with Crippen LogP contribution in [0, 0.1) is 18.3 Å². The van der Waals surface area contributed by atoms with E-state index in [2.05, 4.69) is 22.1 Å². The zero-order valence-corrected chi connectivity index (χ0v) is 14.3. The fraction of sp³-hybridized carbons (Fsp3) is 0.286. The first-order valence-corrected chi connectivity index (χ1v) is 8.52. The van der Waals surface area contributed by atoms with Gasteiger partial charge in [0.2, 0.25) is 0 Å². The zero-order chi connectivity index (χ0) is 17.6. The SMILES string of the molecule is Cc1cc2ccc([C@](C)(C#N)C3CCc4cccnc43)cc2[nH]c1=O. The molecule has 0 radical (unpaired) electrons. The van der Waals surface area contributed by atoms with E-state index in [1.165, 1.54) is 5.56 Å². The number of hydrogen-bond acceptors (Lipinski definition) is 3. The highest BCUT2D eigenvalue weighted by molar-refractivity contribution is 5.80. The normalized spacial score (nSPS) is 18.5. The summed E-state index contributed by atoms with van der Waals surface area (Å²) in [6.45, 7) is 3.78. The maximum absolute atomic E-state index is 12.0. The molecule has 0 aliphatic heterocycles. The van der Waals surface area contributed by atoms with E-state index in [9.17, 15) is 10.1 Å². The van der Waals surface area contributed by atoms with E-state index < -0.39 is 5.41 Å². The van der Waals surface area contributed by atoms with E-state index in [0.29, 0.717) is 5.56 Å². The van der Waals surface area contributed by atoms with Gasteiger partial charge in [0.15, 0.2) is 0 Å². The Balaban J connectivity index is 1.86. The number of hydrogen-bond donors (Lipinski definition) is 1. The first-order chi connectivity index (χ1) is 12.0. The van der Waals surface area contributed by atoms with Gasteiger partial charge in [0, 0.05) is 28.9 Å². The molecular weight excluding hydrogens is 310 g/mol. The summed E-state index contributed by atoms with van der Waals surface area (Å²) in [5, 5.41) is 11.0. The minimum Gasteiger partial charge on any atom is -0.322 e. The van der Waals surface area contributed by atoms with Gasteiger partial charge < -0.3 is 4.98 Å². The smallest absolute Gasteiger partial charge is 0.251 e. The second-order valence-corrected chi connectivity index (χ2v) is 7.04. The van der Waals surface area contributed by atoms with Crippen molar-refractivity contribution in [2.45, 2.75) is 38.0 Å². The van der Waals surface area contributed by atoms with Gasteiger partial charge in [0.25, 0.3) is 5.56 Å². The Hall–Kier alpha value is -2.93. The van der Waals surface area contributed by atoms with Crippen LogP contribution in [0.1, 0.15) is 41.6 Å². The zero-order valence-electron chi connectivity index (χ0n) is 14.3. The van der Waals surface area contributed by atoms with Crippen LogP contribution in [0.5, 0.6) is 0 Å². The van der Waals surface area contributed by atoms with Crippen molar-refractivity contribution in [3.8, 4) is 6.07 Å². The summed E-state index contributed by atoms with van der Waals surface area (Å²) < 4.78 is 0. The molecule has 0 fully saturated rings. The predicted molar refractivity (Wildman–Crippen MR) is 97.6 cm³/mol. The van der Waals surface area contributed by atoms with E-state index in [1.807, 2.05) is 37.3 Å². The molecule has 2 aromatic heterocycles. The molecule has 0 amide bonds. The van der Waals surface area contributed by atoms with Crippen molar-refractivity contribution in [2.24, 2.45) is 0 Å². The Morgan fingerprint density at radius 3 is 2.96 bits per heavy atom. The summed E-state index contributed by atoms with van der Waals surface area (Å²) in [6, 6.07) is 14.4. The van der Waals surface area contributed by atoms with E-state index in [0.717, 1.165) is 35.0 Å². The summed E-state index contributed by atoms with van der Waals surface area (Å²) in [4.78, 5) is 19.4. The highest BCUT2D eigenvalue weighted by Crippen LogP contribution is 2.46. The number of benzene rings is 1. The lowest BCUT2D eigenvalue weighted by Gasteiger charge is -2.29. The summed E-state index contributed by atoms with van der Waals surface area (Å²) in [5.74, 6) is 0.0586. The summed E-state index contributed by atoms with van der Waals surface area (Å²) in [6.07, 6.45) is 3.67. The molecular formula is C21H19N3O. The molecule has 0 saturated carbocycles. The van der Waals surface area contributed by atoms with Crippen LogP contribution in [0.25, 0.3) is 10.9 Å². The van der Waals surface area contributed by atoms with Crippen molar-refractivity contribution in [3.63, 3.8) is 0 Å². The molecule has 1 aliphatic carbocycles. The van der Waals surface area contributed by atoms with Crippen LogP contribution in [0.4, 0.5) is 0 Å². The van der Waals surface area contributed by atoms with Crippen LogP contribution in [-0.2, 0) is 11.8 Å². The van der Waals surface area contributed by atoms with Gasteiger partial charge in [0.1, 0.15) is 0 Å². The molecule has 4 nitrogen and oxygen atoms in total. The molecule has 1 N–H and O–H groups in total. The average molecular weight is 329 g/mol. The van der Waals surface area contributed by atoms with Crippen molar-refractivity contribution >= 4 is 10.9 Å². The number of H-pyrrole nitrogens is 1. The Bertz CT molecular complexity index is 1080. The van der Waals surface area contributed by atoms with Gasteiger partial charge in [-0.3, -0.25) is 9.78 Å². The maximum Gasteiger partial charge on any atom is 0.251 e. The van der Waals surface area contributed by atoms with Crippen LogP contribution in [0.2, 0.25) is 0 Å². The lowest BCUT2D eigenvalue weighted by molar-refractivity contribution is 0.462. The second kappa shape index (κ2) is 5.56. The van der Waals surface area contributed by atoms with E-state index >= 15 is 0 Å². The number of aromatic nitrogens is 2. The fourth-order valence-corrected chi connectivity index (χ4v) is 3.95. The van der Waals surface area contributed by atoms with Gasteiger partial charge in [-0.15, -0.1) is 0 Å². The average Bonchev–Trinajstić information content (AvgIpc) is 3.06. The number of rotatable bonds is 2. The molecule has 25 heavy (non-hydrogen) atoms.